The third kappa shape index (κ3) is 5.85. The molecule has 2 rings (SSSR count). The van der Waals surface area contributed by atoms with Crippen molar-refractivity contribution in [1.82, 2.24) is 10.3 Å². The molecule has 1 heterocycles. The van der Waals surface area contributed by atoms with E-state index in [2.05, 4.69) is 10.3 Å². The number of hydrogen-bond acceptors (Lipinski definition) is 6. The van der Waals surface area contributed by atoms with Gasteiger partial charge in [-0.2, -0.15) is 0 Å². The number of aromatic nitrogens is 1. The topological polar surface area (TPSA) is 97.8 Å². The van der Waals surface area contributed by atoms with Crippen molar-refractivity contribution < 1.29 is 22.7 Å². The molecule has 0 radical (unpaired) electrons. The molecule has 2 aromatic rings. The number of nitrogens with one attached hydrogen (secondary N) is 1. The van der Waals surface area contributed by atoms with E-state index in [1.165, 1.54) is 14.2 Å². The summed E-state index contributed by atoms with van der Waals surface area (Å²) >= 11 is 0. The van der Waals surface area contributed by atoms with Crippen molar-refractivity contribution in [2.24, 2.45) is 0 Å². The Kier molecular flexibility index (Phi) is 7.00. The van der Waals surface area contributed by atoms with Gasteiger partial charge in [-0.05, 0) is 24.3 Å². The third-order valence-corrected chi connectivity index (χ3v) is 4.97. The van der Waals surface area contributed by atoms with Crippen molar-refractivity contribution >= 4 is 21.6 Å². The molecule has 1 aromatic heterocycles. The number of sulfonamides is 1. The molecule has 0 saturated heterocycles. The average Bonchev–Trinajstić information content (AvgIpc) is 2.66. The van der Waals surface area contributed by atoms with E-state index in [1.807, 2.05) is 6.07 Å². The van der Waals surface area contributed by atoms with Crippen LogP contribution in [0.5, 0.6) is 11.5 Å². The standard InChI is InChI=1S/C18H23N3O5S/c1-25-15-7-8-16(17(12-15)26-2)21(27(3,23)24)11-9-18(22)20-13-14-6-4-5-10-19-14/h4-8,10,12H,9,11,13H2,1-3H3,(H,20,22). The molecule has 0 fully saturated rings. The van der Waals surface area contributed by atoms with Gasteiger partial charge in [0.05, 0.1) is 38.4 Å². The zero-order valence-electron chi connectivity index (χ0n) is 15.5. The van der Waals surface area contributed by atoms with Gasteiger partial charge < -0.3 is 14.8 Å². The van der Waals surface area contributed by atoms with E-state index < -0.39 is 10.0 Å². The summed E-state index contributed by atoms with van der Waals surface area (Å²) in [7, 11) is -0.661. The zero-order chi connectivity index (χ0) is 19.9. The van der Waals surface area contributed by atoms with E-state index in [1.54, 1.807) is 36.5 Å². The van der Waals surface area contributed by atoms with Crippen LogP contribution in [0.4, 0.5) is 5.69 Å². The predicted molar refractivity (Wildman–Crippen MR) is 102 cm³/mol. The van der Waals surface area contributed by atoms with Crippen molar-refractivity contribution in [1.29, 1.82) is 0 Å². The number of methoxy groups -OCH3 is 2. The first kappa shape index (κ1) is 20.5. The molecule has 0 aliphatic heterocycles. The summed E-state index contributed by atoms with van der Waals surface area (Å²) in [6.45, 7) is 0.264. The molecular formula is C18H23N3O5S. The first-order valence-electron chi connectivity index (χ1n) is 8.21. The van der Waals surface area contributed by atoms with Crippen LogP contribution in [-0.4, -0.2) is 46.3 Å². The van der Waals surface area contributed by atoms with Gasteiger partial charge in [0.2, 0.25) is 15.9 Å². The number of carbonyl (C=O) groups excluding carboxylic acids is 1. The van der Waals surface area contributed by atoms with Gasteiger partial charge in [-0.1, -0.05) is 6.07 Å². The van der Waals surface area contributed by atoms with Gasteiger partial charge in [-0.3, -0.25) is 14.1 Å². The fourth-order valence-corrected chi connectivity index (χ4v) is 3.37. The molecule has 1 amide bonds. The number of carbonyl (C=O) groups is 1. The Morgan fingerprint density at radius 2 is 1.96 bits per heavy atom. The summed E-state index contributed by atoms with van der Waals surface area (Å²) in [6.07, 6.45) is 2.72. The molecule has 0 unspecified atom stereocenters. The van der Waals surface area contributed by atoms with E-state index in [4.69, 9.17) is 9.47 Å². The van der Waals surface area contributed by atoms with Gasteiger partial charge >= 0.3 is 0 Å². The molecule has 9 heteroatoms. The minimum Gasteiger partial charge on any atom is -0.497 e. The molecule has 27 heavy (non-hydrogen) atoms. The van der Waals surface area contributed by atoms with Gasteiger partial charge in [0.25, 0.3) is 0 Å². The van der Waals surface area contributed by atoms with E-state index >= 15 is 0 Å². The van der Waals surface area contributed by atoms with E-state index in [0.29, 0.717) is 17.2 Å². The summed E-state index contributed by atoms with van der Waals surface area (Å²) in [5.74, 6) is 0.604. The minimum absolute atomic E-state index is 0.00487. The highest BCUT2D eigenvalue weighted by molar-refractivity contribution is 7.92. The highest BCUT2D eigenvalue weighted by Crippen LogP contribution is 2.33. The number of benzene rings is 1. The van der Waals surface area contributed by atoms with Crippen LogP contribution in [-0.2, 0) is 21.4 Å². The maximum absolute atomic E-state index is 12.2. The van der Waals surface area contributed by atoms with Crippen LogP contribution in [0.15, 0.2) is 42.6 Å². The number of nitrogens with zero attached hydrogens (tertiary/aromatic N) is 2. The fraction of sp³-hybridized carbons (Fsp3) is 0.333. The van der Waals surface area contributed by atoms with Crippen molar-refractivity contribution in [2.75, 3.05) is 31.3 Å². The van der Waals surface area contributed by atoms with E-state index in [9.17, 15) is 13.2 Å². The van der Waals surface area contributed by atoms with Crippen LogP contribution >= 0.6 is 0 Å². The van der Waals surface area contributed by atoms with Crippen molar-refractivity contribution in [3.05, 3.63) is 48.3 Å². The second kappa shape index (κ2) is 9.22. The molecule has 0 aliphatic rings. The molecule has 0 atom stereocenters. The number of amides is 1. The van der Waals surface area contributed by atoms with Gasteiger partial charge in [-0.15, -0.1) is 0 Å². The summed E-state index contributed by atoms with van der Waals surface area (Å²) < 4.78 is 36.0. The van der Waals surface area contributed by atoms with Crippen LogP contribution in [0, 0.1) is 0 Å². The number of ether oxygens (including phenoxy) is 2. The zero-order valence-corrected chi connectivity index (χ0v) is 16.3. The normalized spacial score (nSPS) is 10.9. The fourth-order valence-electron chi connectivity index (χ4n) is 2.44. The van der Waals surface area contributed by atoms with Crippen LogP contribution < -0.4 is 19.1 Å². The lowest BCUT2D eigenvalue weighted by atomic mass is 10.2. The Morgan fingerprint density at radius 3 is 2.56 bits per heavy atom. The molecule has 1 aromatic carbocycles. The third-order valence-electron chi connectivity index (χ3n) is 3.79. The van der Waals surface area contributed by atoms with Crippen molar-refractivity contribution in [3.8, 4) is 11.5 Å². The highest BCUT2D eigenvalue weighted by atomic mass is 32.2. The summed E-state index contributed by atoms with van der Waals surface area (Å²) in [5.41, 5.74) is 1.07. The SMILES string of the molecule is COc1ccc(N(CCC(=O)NCc2ccccn2)S(C)(=O)=O)c(OC)c1. The van der Waals surface area contributed by atoms with Gasteiger partial charge in [0.15, 0.2) is 0 Å². The predicted octanol–water partition coefficient (Wildman–Crippen LogP) is 1.57. The Morgan fingerprint density at radius 1 is 1.19 bits per heavy atom. The molecule has 0 aliphatic carbocycles. The Labute approximate surface area is 159 Å². The highest BCUT2D eigenvalue weighted by Gasteiger charge is 2.22. The van der Waals surface area contributed by atoms with E-state index in [0.717, 1.165) is 16.3 Å². The van der Waals surface area contributed by atoms with E-state index in [-0.39, 0.29) is 25.4 Å². The number of hydrogen-bond donors (Lipinski definition) is 1. The van der Waals surface area contributed by atoms with Gasteiger partial charge in [0.1, 0.15) is 11.5 Å². The second-order valence-corrected chi connectivity index (χ2v) is 7.63. The monoisotopic (exact) mass is 393 g/mol. The molecule has 0 spiro atoms. The van der Waals surface area contributed by atoms with Crippen LogP contribution in [0.2, 0.25) is 0 Å². The summed E-state index contributed by atoms with van der Waals surface area (Å²) in [4.78, 5) is 16.2. The Balaban J connectivity index is 2.08. The Bertz CT molecular complexity index is 872. The van der Waals surface area contributed by atoms with Crippen LogP contribution in [0.25, 0.3) is 0 Å². The molecule has 1 N–H and O–H groups in total. The minimum atomic E-state index is -3.61. The van der Waals surface area contributed by atoms with Gasteiger partial charge in [-0.25, -0.2) is 8.42 Å². The Hall–Kier alpha value is -2.81. The van der Waals surface area contributed by atoms with Gasteiger partial charge in [0, 0.05) is 25.2 Å². The molecular weight excluding hydrogens is 370 g/mol. The average molecular weight is 393 g/mol. The first-order valence-corrected chi connectivity index (χ1v) is 10.1. The summed E-state index contributed by atoms with van der Waals surface area (Å²) in [5, 5.41) is 2.73. The molecule has 146 valence electrons. The van der Waals surface area contributed by atoms with Crippen molar-refractivity contribution in [2.45, 2.75) is 13.0 Å². The lowest BCUT2D eigenvalue weighted by Crippen LogP contribution is -2.34. The largest absolute Gasteiger partial charge is 0.497 e. The number of pyridine rings is 1. The maximum Gasteiger partial charge on any atom is 0.232 e. The quantitative estimate of drug-likeness (QED) is 0.694. The summed E-state index contributed by atoms with van der Waals surface area (Å²) in [6, 6.07) is 10.2. The smallest absolute Gasteiger partial charge is 0.232 e. The molecule has 0 bridgehead atoms. The lowest BCUT2D eigenvalue weighted by Gasteiger charge is -2.24. The van der Waals surface area contributed by atoms with Crippen LogP contribution in [0.1, 0.15) is 12.1 Å². The van der Waals surface area contributed by atoms with Crippen LogP contribution in [0.3, 0.4) is 0 Å². The molecule has 0 saturated carbocycles. The first-order chi connectivity index (χ1) is 12.8. The second-order valence-electron chi connectivity index (χ2n) is 5.72. The van der Waals surface area contributed by atoms with Crippen molar-refractivity contribution in [3.63, 3.8) is 0 Å². The maximum atomic E-state index is 12.2. The lowest BCUT2D eigenvalue weighted by molar-refractivity contribution is -0.121. The number of anilines is 1. The number of rotatable bonds is 9. The molecule has 8 nitrogen and oxygen atoms in total.